The summed E-state index contributed by atoms with van der Waals surface area (Å²) in [7, 11) is 0. The van der Waals surface area contributed by atoms with Gasteiger partial charge in [-0.2, -0.15) is 13.2 Å². The van der Waals surface area contributed by atoms with Gasteiger partial charge in [-0.05, 0) is 48.9 Å². The number of aromatic nitrogens is 1. The Morgan fingerprint density at radius 1 is 1.07 bits per heavy atom. The van der Waals surface area contributed by atoms with Gasteiger partial charge in [-0.1, -0.05) is 12.1 Å². The Bertz CT molecular complexity index is 1000. The quantitative estimate of drug-likeness (QED) is 0.591. The van der Waals surface area contributed by atoms with E-state index >= 15 is 0 Å². The number of anilines is 1. The topological polar surface area (TPSA) is 51.2 Å². The summed E-state index contributed by atoms with van der Waals surface area (Å²) in [5.41, 5.74) is -0.738. The largest absolute Gasteiger partial charge is 0.439 e. The molecule has 0 saturated heterocycles. The second-order valence-electron chi connectivity index (χ2n) is 5.89. The van der Waals surface area contributed by atoms with Crippen LogP contribution in [0.25, 0.3) is 0 Å². The minimum absolute atomic E-state index is 0.184. The maximum Gasteiger partial charge on any atom is 0.417 e. The zero-order valence-corrected chi connectivity index (χ0v) is 14.5. The number of amides is 1. The van der Waals surface area contributed by atoms with Gasteiger partial charge in [-0.15, -0.1) is 0 Å². The van der Waals surface area contributed by atoms with Crippen molar-refractivity contribution in [3.63, 3.8) is 0 Å². The fourth-order valence-electron chi connectivity index (χ4n) is 2.48. The van der Waals surface area contributed by atoms with Crippen LogP contribution in [0.5, 0.6) is 11.6 Å². The number of carbonyl (C=O) groups excluding carboxylic acids is 1. The molecule has 1 amide bonds. The predicted molar refractivity (Wildman–Crippen MR) is 94.8 cm³/mol. The van der Waals surface area contributed by atoms with Crippen molar-refractivity contribution in [3.8, 4) is 11.6 Å². The van der Waals surface area contributed by atoms with Gasteiger partial charge in [0.15, 0.2) is 0 Å². The molecule has 0 bridgehead atoms. The molecule has 2 aromatic carbocycles. The van der Waals surface area contributed by atoms with Gasteiger partial charge in [0.2, 0.25) is 5.88 Å². The molecular weight excluding hydrogens is 376 g/mol. The van der Waals surface area contributed by atoms with E-state index in [0.717, 1.165) is 12.1 Å². The van der Waals surface area contributed by atoms with Gasteiger partial charge < -0.3 is 10.1 Å². The summed E-state index contributed by atoms with van der Waals surface area (Å²) in [6.07, 6.45) is -3.39. The Morgan fingerprint density at radius 2 is 1.82 bits per heavy atom. The highest BCUT2D eigenvalue weighted by Crippen LogP contribution is 2.32. The van der Waals surface area contributed by atoms with Crippen LogP contribution >= 0.6 is 0 Å². The van der Waals surface area contributed by atoms with Gasteiger partial charge >= 0.3 is 6.18 Å². The third kappa shape index (κ3) is 4.46. The number of pyridine rings is 1. The average Bonchev–Trinajstić information content (AvgIpc) is 2.65. The molecule has 0 radical (unpaired) electrons. The standard InChI is InChI=1S/C20H14F4N2O2/c1-12-10-13(21)6-8-17(12)28-18-9-7-14(11-25-18)26-19(27)15-4-2-3-5-16(15)20(22,23)24/h2-11H,1H3,(H,26,27). The lowest BCUT2D eigenvalue weighted by molar-refractivity contribution is -0.137. The molecule has 0 aliphatic rings. The molecule has 0 spiro atoms. The van der Waals surface area contributed by atoms with Crippen molar-refractivity contribution in [2.45, 2.75) is 13.1 Å². The van der Waals surface area contributed by atoms with E-state index in [1.165, 1.54) is 48.7 Å². The van der Waals surface area contributed by atoms with Crippen molar-refractivity contribution in [3.05, 3.63) is 83.3 Å². The number of carbonyl (C=O) groups is 1. The molecule has 1 heterocycles. The minimum Gasteiger partial charge on any atom is -0.439 e. The number of aryl methyl sites for hydroxylation is 1. The summed E-state index contributed by atoms with van der Waals surface area (Å²) in [4.78, 5) is 16.2. The molecule has 0 atom stereocenters. The maximum absolute atomic E-state index is 13.1. The van der Waals surface area contributed by atoms with Crippen LogP contribution in [-0.2, 0) is 6.18 Å². The first-order valence-corrected chi connectivity index (χ1v) is 8.11. The molecule has 3 rings (SSSR count). The zero-order chi connectivity index (χ0) is 20.3. The summed E-state index contributed by atoms with van der Waals surface area (Å²) < 4.78 is 57.8. The van der Waals surface area contributed by atoms with Crippen LogP contribution in [0.1, 0.15) is 21.5 Å². The van der Waals surface area contributed by atoms with Crippen LogP contribution in [0, 0.1) is 12.7 Å². The number of alkyl halides is 3. The molecule has 1 aromatic heterocycles. The van der Waals surface area contributed by atoms with E-state index in [-0.39, 0.29) is 11.6 Å². The predicted octanol–water partition coefficient (Wildman–Crippen LogP) is 5.59. The van der Waals surface area contributed by atoms with Gasteiger partial charge in [0.05, 0.1) is 23.0 Å². The molecule has 28 heavy (non-hydrogen) atoms. The lowest BCUT2D eigenvalue weighted by Crippen LogP contribution is -2.18. The summed E-state index contributed by atoms with van der Waals surface area (Å²) in [5, 5.41) is 2.37. The Hall–Kier alpha value is -3.42. The Balaban J connectivity index is 1.74. The summed E-state index contributed by atoms with van der Waals surface area (Å²) in [6, 6.07) is 11.4. The van der Waals surface area contributed by atoms with Crippen molar-refractivity contribution < 1.29 is 27.1 Å². The van der Waals surface area contributed by atoms with Gasteiger partial charge in [0.25, 0.3) is 5.91 Å². The van der Waals surface area contributed by atoms with E-state index < -0.39 is 29.0 Å². The van der Waals surface area contributed by atoms with E-state index in [1.807, 2.05) is 0 Å². The first-order valence-electron chi connectivity index (χ1n) is 8.11. The second kappa shape index (κ2) is 7.67. The first-order chi connectivity index (χ1) is 13.2. The highest BCUT2D eigenvalue weighted by Gasteiger charge is 2.34. The van der Waals surface area contributed by atoms with Crippen molar-refractivity contribution in [2.75, 3.05) is 5.32 Å². The smallest absolute Gasteiger partial charge is 0.417 e. The highest BCUT2D eigenvalue weighted by atomic mass is 19.4. The monoisotopic (exact) mass is 390 g/mol. The van der Waals surface area contributed by atoms with E-state index in [4.69, 9.17) is 4.74 Å². The summed E-state index contributed by atoms with van der Waals surface area (Å²) >= 11 is 0. The van der Waals surface area contributed by atoms with E-state index in [0.29, 0.717) is 11.3 Å². The molecule has 1 N–H and O–H groups in total. The highest BCUT2D eigenvalue weighted by molar-refractivity contribution is 6.05. The molecule has 0 aliphatic heterocycles. The van der Waals surface area contributed by atoms with Gasteiger partial charge in [0.1, 0.15) is 11.6 Å². The zero-order valence-electron chi connectivity index (χ0n) is 14.5. The third-order valence-corrected chi connectivity index (χ3v) is 3.82. The molecule has 144 valence electrons. The SMILES string of the molecule is Cc1cc(F)ccc1Oc1ccc(NC(=O)c2ccccc2C(F)(F)F)cn1. The number of nitrogens with one attached hydrogen (secondary N) is 1. The number of benzene rings is 2. The normalized spacial score (nSPS) is 11.2. The average molecular weight is 390 g/mol. The van der Waals surface area contributed by atoms with Crippen LogP contribution < -0.4 is 10.1 Å². The number of rotatable bonds is 4. The van der Waals surface area contributed by atoms with Crippen LogP contribution in [0.3, 0.4) is 0 Å². The van der Waals surface area contributed by atoms with E-state index in [1.54, 1.807) is 6.92 Å². The van der Waals surface area contributed by atoms with Gasteiger partial charge in [0, 0.05) is 6.07 Å². The van der Waals surface area contributed by atoms with Crippen LogP contribution in [-0.4, -0.2) is 10.9 Å². The first kappa shape index (κ1) is 19.3. The fourth-order valence-corrected chi connectivity index (χ4v) is 2.48. The van der Waals surface area contributed by atoms with Crippen molar-refractivity contribution in [1.82, 2.24) is 4.98 Å². The number of hydrogen-bond donors (Lipinski definition) is 1. The fraction of sp³-hybridized carbons (Fsp3) is 0.100. The van der Waals surface area contributed by atoms with Gasteiger partial charge in [-0.3, -0.25) is 4.79 Å². The molecule has 0 fully saturated rings. The minimum atomic E-state index is -4.64. The number of hydrogen-bond acceptors (Lipinski definition) is 3. The van der Waals surface area contributed by atoms with Crippen molar-refractivity contribution in [1.29, 1.82) is 0 Å². The Kier molecular flexibility index (Phi) is 5.30. The third-order valence-electron chi connectivity index (χ3n) is 3.82. The lowest BCUT2D eigenvalue weighted by atomic mass is 10.1. The number of nitrogens with zero attached hydrogens (tertiary/aromatic N) is 1. The van der Waals surface area contributed by atoms with E-state index in [9.17, 15) is 22.4 Å². The summed E-state index contributed by atoms with van der Waals surface area (Å²) in [6.45, 7) is 1.67. The molecule has 3 aromatic rings. The summed E-state index contributed by atoms with van der Waals surface area (Å²) in [5.74, 6) is -0.707. The molecule has 0 saturated carbocycles. The van der Waals surface area contributed by atoms with Crippen molar-refractivity contribution >= 4 is 11.6 Å². The Morgan fingerprint density at radius 3 is 2.46 bits per heavy atom. The maximum atomic E-state index is 13.1. The van der Waals surface area contributed by atoms with Crippen LogP contribution in [0.4, 0.5) is 23.2 Å². The van der Waals surface area contributed by atoms with Gasteiger partial charge in [-0.25, -0.2) is 9.37 Å². The van der Waals surface area contributed by atoms with Crippen LogP contribution in [0.2, 0.25) is 0 Å². The molecule has 0 aliphatic carbocycles. The molecular formula is C20H14F4N2O2. The second-order valence-corrected chi connectivity index (χ2v) is 5.89. The van der Waals surface area contributed by atoms with E-state index in [2.05, 4.69) is 10.3 Å². The van der Waals surface area contributed by atoms with Crippen LogP contribution in [0.15, 0.2) is 60.8 Å². The molecule has 8 heteroatoms. The molecule has 0 unspecified atom stereocenters. The number of halogens is 4. The molecule has 4 nitrogen and oxygen atoms in total. The lowest BCUT2D eigenvalue weighted by Gasteiger charge is -2.13. The Labute approximate surface area is 157 Å². The van der Waals surface area contributed by atoms with Crippen molar-refractivity contribution in [2.24, 2.45) is 0 Å². The number of ether oxygens (including phenoxy) is 1.